The third kappa shape index (κ3) is 3.35. The molecule has 2 aromatic heterocycles. The van der Waals surface area contributed by atoms with Gasteiger partial charge in [0.2, 0.25) is 10.0 Å². The van der Waals surface area contributed by atoms with Gasteiger partial charge in [0, 0.05) is 12.5 Å². The van der Waals surface area contributed by atoms with Crippen molar-refractivity contribution in [3.05, 3.63) is 60.0 Å². The van der Waals surface area contributed by atoms with Gasteiger partial charge in [0.1, 0.15) is 5.76 Å². The maximum Gasteiger partial charge on any atom is 0.241 e. The van der Waals surface area contributed by atoms with Crippen molar-refractivity contribution in [1.29, 1.82) is 0 Å². The average Bonchev–Trinajstić information content (AvgIpc) is 3.17. The first-order chi connectivity index (χ1) is 11.0. The second kappa shape index (κ2) is 6.02. The molecule has 6 nitrogen and oxygen atoms in total. The third-order valence-electron chi connectivity index (χ3n) is 3.40. The van der Waals surface area contributed by atoms with Crippen LogP contribution in [0.3, 0.4) is 0 Å². The summed E-state index contributed by atoms with van der Waals surface area (Å²) in [6, 6.07) is 8.56. The molecule has 0 radical (unpaired) electrons. The van der Waals surface area contributed by atoms with Crippen molar-refractivity contribution in [1.82, 2.24) is 9.71 Å². The summed E-state index contributed by atoms with van der Waals surface area (Å²) in [4.78, 5) is 4.24. The highest BCUT2D eigenvalue weighted by molar-refractivity contribution is 7.89. The molecule has 1 aromatic carbocycles. The molecular weight excluding hydrogens is 316 g/mol. The van der Waals surface area contributed by atoms with Crippen LogP contribution in [0.1, 0.15) is 17.2 Å². The van der Waals surface area contributed by atoms with Gasteiger partial charge < -0.3 is 8.83 Å². The Balaban J connectivity index is 1.91. The molecule has 0 saturated carbocycles. The maximum absolute atomic E-state index is 12.5. The Morgan fingerprint density at radius 1 is 1.22 bits per heavy atom. The van der Waals surface area contributed by atoms with Gasteiger partial charge in [-0.1, -0.05) is 12.1 Å². The number of aryl methyl sites for hydroxylation is 2. The summed E-state index contributed by atoms with van der Waals surface area (Å²) in [5.74, 6) is 1.61. The summed E-state index contributed by atoms with van der Waals surface area (Å²) in [7, 11) is -3.66. The summed E-state index contributed by atoms with van der Waals surface area (Å²) in [6.07, 6.45) is 3.08. The van der Waals surface area contributed by atoms with Crippen molar-refractivity contribution in [3.63, 3.8) is 0 Å². The number of sulfonamides is 1. The fourth-order valence-electron chi connectivity index (χ4n) is 2.19. The van der Waals surface area contributed by atoms with Crippen LogP contribution in [0.25, 0.3) is 11.3 Å². The fraction of sp³-hybridized carbons (Fsp3) is 0.188. The number of hydrogen-bond acceptors (Lipinski definition) is 5. The monoisotopic (exact) mass is 332 g/mol. The standard InChI is InChI=1S/C16H16N2O4S/c1-11-5-6-13(15-10-17-12(2)22-15)8-16(11)23(19,20)18-9-14-4-3-7-21-14/h3-8,10,18H,9H2,1-2H3. The Morgan fingerprint density at radius 3 is 2.70 bits per heavy atom. The van der Waals surface area contributed by atoms with Crippen LogP contribution in [0, 0.1) is 13.8 Å². The van der Waals surface area contributed by atoms with Gasteiger partial charge in [-0.05, 0) is 30.7 Å². The number of nitrogens with one attached hydrogen (secondary N) is 1. The second-order valence-electron chi connectivity index (χ2n) is 5.13. The lowest BCUT2D eigenvalue weighted by molar-refractivity contribution is 0.498. The van der Waals surface area contributed by atoms with Gasteiger partial charge in [0.15, 0.2) is 11.7 Å². The van der Waals surface area contributed by atoms with E-state index in [0.29, 0.717) is 28.5 Å². The van der Waals surface area contributed by atoms with Gasteiger partial charge in [-0.25, -0.2) is 18.1 Å². The zero-order chi connectivity index (χ0) is 16.4. The SMILES string of the molecule is Cc1ncc(-c2ccc(C)c(S(=O)(=O)NCc3ccco3)c2)o1. The van der Waals surface area contributed by atoms with Crippen LogP contribution in [0.4, 0.5) is 0 Å². The van der Waals surface area contributed by atoms with E-state index in [4.69, 9.17) is 8.83 Å². The molecule has 120 valence electrons. The summed E-state index contributed by atoms with van der Waals surface area (Å²) in [5, 5.41) is 0. The van der Waals surface area contributed by atoms with Crippen LogP contribution in [0.5, 0.6) is 0 Å². The average molecular weight is 332 g/mol. The van der Waals surface area contributed by atoms with Crippen molar-refractivity contribution in [3.8, 4) is 11.3 Å². The second-order valence-corrected chi connectivity index (χ2v) is 6.86. The lowest BCUT2D eigenvalue weighted by atomic mass is 10.1. The molecule has 3 rings (SSSR count). The summed E-state index contributed by atoms with van der Waals surface area (Å²) < 4.78 is 38.2. The largest absolute Gasteiger partial charge is 0.468 e. The molecule has 23 heavy (non-hydrogen) atoms. The molecule has 0 bridgehead atoms. The van der Waals surface area contributed by atoms with Crippen molar-refractivity contribution in [2.75, 3.05) is 0 Å². The number of aromatic nitrogens is 1. The normalized spacial score (nSPS) is 11.7. The molecule has 0 aliphatic heterocycles. The minimum atomic E-state index is -3.66. The van der Waals surface area contributed by atoms with E-state index in [9.17, 15) is 8.42 Å². The Morgan fingerprint density at radius 2 is 2.04 bits per heavy atom. The van der Waals surface area contributed by atoms with E-state index in [1.165, 1.54) is 6.26 Å². The molecule has 0 unspecified atom stereocenters. The highest BCUT2D eigenvalue weighted by Crippen LogP contribution is 2.25. The quantitative estimate of drug-likeness (QED) is 0.776. The molecule has 7 heteroatoms. The molecule has 0 aliphatic rings. The summed E-state index contributed by atoms with van der Waals surface area (Å²) in [5.41, 5.74) is 1.31. The van der Waals surface area contributed by atoms with Gasteiger partial charge in [0.25, 0.3) is 0 Å². The minimum absolute atomic E-state index is 0.0976. The van der Waals surface area contributed by atoms with Crippen LogP contribution in [0.15, 0.2) is 56.5 Å². The van der Waals surface area contributed by atoms with E-state index in [1.54, 1.807) is 50.4 Å². The van der Waals surface area contributed by atoms with Gasteiger partial charge in [-0.3, -0.25) is 0 Å². The lowest BCUT2D eigenvalue weighted by Gasteiger charge is -2.09. The molecular formula is C16H16N2O4S. The molecule has 0 amide bonds. The van der Waals surface area contributed by atoms with Crippen molar-refractivity contribution < 1.29 is 17.3 Å². The Bertz CT molecular complexity index is 911. The highest BCUT2D eigenvalue weighted by atomic mass is 32.2. The van der Waals surface area contributed by atoms with E-state index in [1.807, 2.05) is 0 Å². The number of benzene rings is 1. The predicted molar refractivity (Wildman–Crippen MR) is 84.1 cm³/mol. The van der Waals surface area contributed by atoms with Crippen LogP contribution < -0.4 is 4.72 Å². The van der Waals surface area contributed by atoms with Crippen LogP contribution in [-0.2, 0) is 16.6 Å². The lowest BCUT2D eigenvalue weighted by Crippen LogP contribution is -2.23. The van der Waals surface area contributed by atoms with Crippen molar-refractivity contribution in [2.45, 2.75) is 25.3 Å². The van der Waals surface area contributed by atoms with Gasteiger partial charge >= 0.3 is 0 Å². The molecule has 0 saturated heterocycles. The predicted octanol–water partition coefficient (Wildman–Crippen LogP) is 3.03. The maximum atomic E-state index is 12.5. The molecule has 3 aromatic rings. The first kappa shape index (κ1) is 15.5. The fourth-order valence-corrected chi connectivity index (χ4v) is 3.46. The van der Waals surface area contributed by atoms with E-state index < -0.39 is 10.0 Å². The number of furan rings is 1. The zero-order valence-electron chi connectivity index (χ0n) is 12.7. The Kier molecular flexibility index (Phi) is 4.06. The van der Waals surface area contributed by atoms with E-state index in [2.05, 4.69) is 9.71 Å². The molecule has 0 aliphatic carbocycles. The van der Waals surface area contributed by atoms with Gasteiger partial charge in [-0.2, -0.15) is 0 Å². The molecule has 0 fully saturated rings. The van der Waals surface area contributed by atoms with Crippen LogP contribution in [-0.4, -0.2) is 13.4 Å². The number of nitrogens with zero attached hydrogens (tertiary/aromatic N) is 1. The number of rotatable bonds is 5. The van der Waals surface area contributed by atoms with Crippen LogP contribution >= 0.6 is 0 Å². The van der Waals surface area contributed by atoms with Crippen molar-refractivity contribution >= 4 is 10.0 Å². The third-order valence-corrected chi connectivity index (χ3v) is 4.94. The van der Waals surface area contributed by atoms with Gasteiger partial charge in [-0.15, -0.1) is 0 Å². The van der Waals surface area contributed by atoms with E-state index in [0.717, 1.165) is 0 Å². The van der Waals surface area contributed by atoms with Crippen LogP contribution in [0.2, 0.25) is 0 Å². The molecule has 2 heterocycles. The Hall–Kier alpha value is -2.38. The summed E-state index contributed by atoms with van der Waals surface area (Å²) >= 11 is 0. The molecule has 0 atom stereocenters. The number of hydrogen-bond donors (Lipinski definition) is 1. The van der Waals surface area contributed by atoms with E-state index in [-0.39, 0.29) is 11.4 Å². The van der Waals surface area contributed by atoms with E-state index >= 15 is 0 Å². The minimum Gasteiger partial charge on any atom is -0.468 e. The Labute approximate surface area is 134 Å². The molecule has 0 spiro atoms. The topological polar surface area (TPSA) is 85.3 Å². The van der Waals surface area contributed by atoms with Gasteiger partial charge in [0.05, 0.1) is 23.9 Å². The first-order valence-corrected chi connectivity index (χ1v) is 8.49. The summed E-state index contributed by atoms with van der Waals surface area (Å²) in [6.45, 7) is 3.58. The smallest absolute Gasteiger partial charge is 0.241 e. The zero-order valence-corrected chi connectivity index (χ0v) is 13.6. The van der Waals surface area contributed by atoms with Crippen molar-refractivity contribution in [2.24, 2.45) is 0 Å². The molecule has 1 N–H and O–H groups in total. The number of oxazole rings is 1. The highest BCUT2D eigenvalue weighted by Gasteiger charge is 2.19. The first-order valence-electron chi connectivity index (χ1n) is 7.01.